The molecule has 0 aliphatic rings. The highest BCUT2D eigenvalue weighted by molar-refractivity contribution is 7.47. The second-order valence-corrected chi connectivity index (χ2v) is 11.9. The van der Waals surface area contributed by atoms with Crippen LogP contribution in [0, 0.1) is 0 Å². The average molecular weight is 603 g/mol. The molecule has 0 aliphatic heterocycles. The molecule has 0 saturated carbocycles. The van der Waals surface area contributed by atoms with Crippen LogP contribution in [0.5, 0.6) is 0 Å². The molecule has 0 heterocycles. The minimum atomic E-state index is -4.27. The van der Waals surface area contributed by atoms with Crippen LogP contribution in [0.15, 0.2) is 24.3 Å². The van der Waals surface area contributed by atoms with Gasteiger partial charge in [-0.1, -0.05) is 95.9 Å². The Hall–Kier alpha value is -1.47. The zero-order valence-corrected chi connectivity index (χ0v) is 27.1. The molecule has 240 valence electrons. The van der Waals surface area contributed by atoms with Gasteiger partial charge in [0.15, 0.2) is 6.10 Å². The largest absolute Gasteiger partial charge is 0.472 e. The number of phosphoric acid groups is 1. The van der Waals surface area contributed by atoms with Crippen LogP contribution in [0.1, 0.15) is 143 Å². The minimum Gasteiger partial charge on any atom is -0.462 e. The maximum absolute atomic E-state index is 12.4. The number of allylic oxidation sites excluding steroid dienone is 4. The Morgan fingerprint density at radius 2 is 1.15 bits per heavy atom. The van der Waals surface area contributed by atoms with E-state index in [4.69, 9.17) is 18.5 Å². The fraction of sp³-hybridized carbons (Fsp3) is 0.812. The first-order valence-corrected chi connectivity index (χ1v) is 17.6. The molecule has 0 aromatic heterocycles. The van der Waals surface area contributed by atoms with Gasteiger partial charge in [-0.15, -0.1) is 0 Å². The Labute approximate surface area is 250 Å². The minimum absolute atomic E-state index is 0.00206. The Kier molecular flexibility index (Phi) is 27.6. The van der Waals surface area contributed by atoms with Gasteiger partial charge in [0.2, 0.25) is 0 Å². The van der Waals surface area contributed by atoms with Crippen LogP contribution in [0.2, 0.25) is 0 Å². The van der Waals surface area contributed by atoms with Gasteiger partial charge >= 0.3 is 19.8 Å². The lowest BCUT2D eigenvalue weighted by Gasteiger charge is -2.19. The van der Waals surface area contributed by atoms with E-state index in [0.29, 0.717) is 6.42 Å². The molecule has 0 rings (SSSR count). The van der Waals surface area contributed by atoms with Crippen molar-refractivity contribution in [3.05, 3.63) is 24.3 Å². The van der Waals surface area contributed by atoms with E-state index in [1.165, 1.54) is 19.3 Å². The fourth-order valence-corrected chi connectivity index (χ4v) is 4.84. The number of hydrogen-bond donors (Lipinski definition) is 1. The summed E-state index contributed by atoms with van der Waals surface area (Å²) in [6.45, 7) is 5.31. The molecule has 41 heavy (non-hydrogen) atoms. The molecule has 0 aliphatic carbocycles. The van der Waals surface area contributed by atoms with Crippen molar-refractivity contribution in [2.75, 3.05) is 19.8 Å². The highest BCUT2D eigenvalue weighted by Gasteiger charge is 2.25. The Morgan fingerprint density at radius 1 is 0.634 bits per heavy atom. The molecule has 0 radical (unpaired) electrons. The number of rotatable bonds is 29. The summed E-state index contributed by atoms with van der Waals surface area (Å²) >= 11 is 0. The predicted octanol–water partition coefficient (Wildman–Crippen LogP) is 9.16. The van der Waals surface area contributed by atoms with E-state index >= 15 is 0 Å². The monoisotopic (exact) mass is 602 g/mol. The average Bonchev–Trinajstić information content (AvgIpc) is 2.94. The number of phosphoric ester groups is 1. The van der Waals surface area contributed by atoms with Crippen molar-refractivity contribution in [3.63, 3.8) is 0 Å². The normalized spacial score (nSPS) is 14.0. The van der Waals surface area contributed by atoms with E-state index in [-0.39, 0.29) is 32.0 Å². The molecular weight excluding hydrogens is 543 g/mol. The van der Waals surface area contributed by atoms with Crippen molar-refractivity contribution >= 4 is 19.8 Å². The Morgan fingerprint density at radius 3 is 1.71 bits per heavy atom. The lowest BCUT2D eigenvalue weighted by Crippen LogP contribution is -2.29. The summed E-state index contributed by atoms with van der Waals surface area (Å²) in [6, 6.07) is 0. The molecule has 0 aromatic rings. The molecule has 0 spiro atoms. The summed E-state index contributed by atoms with van der Waals surface area (Å²) in [5.74, 6) is -0.826. The first kappa shape index (κ1) is 39.5. The summed E-state index contributed by atoms with van der Waals surface area (Å²) in [4.78, 5) is 34.3. The maximum atomic E-state index is 12.4. The molecule has 2 unspecified atom stereocenters. The quantitative estimate of drug-likeness (QED) is 0.0391. The third-order valence-electron chi connectivity index (χ3n) is 6.46. The van der Waals surface area contributed by atoms with Gasteiger partial charge in [0, 0.05) is 12.8 Å². The second kappa shape index (κ2) is 28.6. The van der Waals surface area contributed by atoms with Gasteiger partial charge in [-0.25, -0.2) is 4.57 Å². The van der Waals surface area contributed by atoms with Gasteiger partial charge in [-0.2, -0.15) is 0 Å². The van der Waals surface area contributed by atoms with Crippen LogP contribution in [-0.2, 0) is 32.7 Å². The van der Waals surface area contributed by atoms with Gasteiger partial charge in [0.25, 0.3) is 0 Å². The highest BCUT2D eigenvalue weighted by atomic mass is 31.2. The van der Waals surface area contributed by atoms with Gasteiger partial charge in [0.1, 0.15) is 6.61 Å². The summed E-state index contributed by atoms with van der Waals surface area (Å²) in [5, 5.41) is 0. The standard InChI is InChI=1S/C32H59O8P/c1-4-7-9-11-13-15-17-19-21-23-25-27-32(34)40-30(29-39-41(35,36)38-6-3)28-37-31(33)26-24-22-20-18-16-14-12-10-8-5-2/h10-13,30H,4-9,14-29H2,1-3H3,(H,35,36)/b12-10-,13-11-. The Balaban J connectivity index is 4.27. The number of hydrogen-bond acceptors (Lipinski definition) is 7. The molecule has 2 atom stereocenters. The third kappa shape index (κ3) is 28.4. The molecule has 0 fully saturated rings. The summed E-state index contributed by atoms with van der Waals surface area (Å²) < 4.78 is 32.3. The molecule has 0 saturated heterocycles. The first-order valence-electron chi connectivity index (χ1n) is 16.1. The van der Waals surface area contributed by atoms with Gasteiger partial charge in [-0.05, 0) is 58.3 Å². The third-order valence-corrected chi connectivity index (χ3v) is 7.52. The van der Waals surface area contributed by atoms with E-state index in [0.717, 1.165) is 83.5 Å². The van der Waals surface area contributed by atoms with Crippen molar-refractivity contribution in [2.45, 2.75) is 149 Å². The van der Waals surface area contributed by atoms with Crippen LogP contribution in [0.25, 0.3) is 0 Å². The van der Waals surface area contributed by atoms with Gasteiger partial charge in [-0.3, -0.25) is 18.6 Å². The molecule has 8 nitrogen and oxygen atoms in total. The van der Waals surface area contributed by atoms with Crippen molar-refractivity contribution in [1.29, 1.82) is 0 Å². The smallest absolute Gasteiger partial charge is 0.462 e. The highest BCUT2D eigenvalue weighted by Crippen LogP contribution is 2.43. The van der Waals surface area contributed by atoms with Crippen molar-refractivity contribution in [2.24, 2.45) is 0 Å². The van der Waals surface area contributed by atoms with Crippen molar-refractivity contribution in [1.82, 2.24) is 0 Å². The zero-order chi connectivity index (χ0) is 30.4. The molecule has 0 aromatic carbocycles. The van der Waals surface area contributed by atoms with Gasteiger partial charge < -0.3 is 14.4 Å². The van der Waals surface area contributed by atoms with Crippen LogP contribution >= 0.6 is 7.82 Å². The summed E-state index contributed by atoms with van der Waals surface area (Å²) in [6.07, 6.45) is 26.7. The topological polar surface area (TPSA) is 108 Å². The summed E-state index contributed by atoms with van der Waals surface area (Å²) in [7, 11) is -4.27. The molecule has 1 N–H and O–H groups in total. The van der Waals surface area contributed by atoms with Gasteiger partial charge in [0.05, 0.1) is 13.2 Å². The zero-order valence-electron chi connectivity index (χ0n) is 26.2. The number of ether oxygens (including phenoxy) is 2. The van der Waals surface area contributed by atoms with Crippen LogP contribution in [0.3, 0.4) is 0 Å². The fourth-order valence-electron chi connectivity index (χ4n) is 4.08. The van der Waals surface area contributed by atoms with Crippen molar-refractivity contribution < 1.29 is 37.6 Å². The van der Waals surface area contributed by atoms with E-state index in [9.17, 15) is 19.0 Å². The number of carbonyl (C=O) groups is 2. The maximum Gasteiger partial charge on any atom is 0.472 e. The lowest BCUT2D eigenvalue weighted by molar-refractivity contribution is -0.161. The second-order valence-electron chi connectivity index (χ2n) is 10.5. The summed E-state index contributed by atoms with van der Waals surface area (Å²) in [5.41, 5.74) is 0. The molecule has 0 bridgehead atoms. The number of unbranched alkanes of at least 4 members (excludes halogenated alkanes) is 13. The molecule has 9 heteroatoms. The van der Waals surface area contributed by atoms with E-state index in [1.807, 2.05) is 0 Å². The van der Waals surface area contributed by atoms with E-state index < -0.39 is 26.5 Å². The number of carbonyl (C=O) groups excluding carboxylic acids is 2. The molecular formula is C32H59O8P. The lowest BCUT2D eigenvalue weighted by atomic mass is 10.1. The van der Waals surface area contributed by atoms with Crippen LogP contribution in [-0.4, -0.2) is 42.8 Å². The van der Waals surface area contributed by atoms with E-state index in [2.05, 4.69) is 38.2 Å². The first-order chi connectivity index (χ1) is 19.8. The number of esters is 2. The van der Waals surface area contributed by atoms with Crippen molar-refractivity contribution in [3.8, 4) is 0 Å². The molecule has 0 amide bonds. The predicted molar refractivity (Wildman–Crippen MR) is 166 cm³/mol. The Bertz CT molecular complexity index is 737. The van der Waals surface area contributed by atoms with Crippen LogP contribution < -0.4 is 0 Å². The SMILES string of the molecule is CCC/C=C\CCCCCCCC(=O)OCC(COP(=O)(O)OCC)OC(=O)CCCCCCC/C=C\CCCC. The van der Waals surface area contributed by atoms with E-state index in [1.54, 1.807) is 6.92 Å². The van der Waals surface area contributed by atoms with Crippen LogP contribution in [0.4, 0.5) is 0 Å².